The summed E-state index contributed by atoms with van der Waals surface area (Å²) in [6, 6.07) is 0. The SMILES string of the molecule is C=C(C)C1=CCCCC(CC2CC=C(CC)CC2)=C1. The van der Waals surface area contributed by atoms with Crippen molar-refractivity contribution >= 4 is 0 Å². The highest BCUT2D eigenvalue weighted by Crippen LogP contribution is 2.33. The van der Waals surface area contributed by atoms with Gasteiger partial charge in [-0.2, -0.15) is 0 Å². The Morgan fingerprint density at radius 2 is 2.11 bits per heavy atom. The maximum absolute atomic E-state index is 4.10. The molecular weight excluding hydrogens is 228 g/mol. The third-order valence-electron chi connectivity index (χ3n) is 4.54. The molecule has 0 saturated heterocycles. The number of hydrogen-bond acceptors (Lipinski definition) is 0. The van der Waals surface area contributed by atoms with Crippen molar-refractivity contribution in [3.8, 4) is 0 Å². The molecule has 0 aliphatic heterocycles. The minimum atomic E-state index is 0.881. The van der Waals surface area contributed by atoms with Gasteiger partial charge < -0.3 is 0 Å². The first-order valence-corrected chi connectivity index (χ1v) is 7.92. The summed E-state index contributed by atoms with van der Waals surface area (Å²) in [6.07, 6.45) is 17.7. The zero-order valence-corrected chi connectivity index (χ0v) is 12.7. The van der Waals surface area contributed by atoms with Crippen LogP contribution in [0.4, 0.5) is 0 Å². The molecule has 0 aromatic carbocycles. The van der Waals surface area contributed by atoms with Crippen LogP contribution in [0.2, 0.25) is 0 Å². The zero-order valence-electron chi connectivity index (χ0n) is 12.7. The lowest BCUT2D eigenvalue weighted by Gasteiger charge is -2.22. The van der Waals surface area contributed by atoms with Crippen LogP contribution < -0.4 is 0 Å². The van der Waals surface area contributed by atoms with Gasteiger partial charge >= 0.3 is 0 Å². The van der Waals surface area contributed by atoms with Crippen LogP contribution in [-0.4, -0.2) is 0 Å². The fourth-order valence-electron chi connectivity index (χ4n) is 3.22. The summed E-state index contributed by atoms with van der Waals surface area (Å²) in [5.41, 5.74) is 5.93. The van der Waals surface area contributed by atoms with E-state index in [1.54, 1.807) is 11.1 Å². The van der Waals surface area contributed by atoms with Crippen molar-refractivity contribution in [1.82, 2.24) is 0 Å². The van der Waals surface area contributed by atoms with Gasteiger partial charge in [0.2, 0.25) is 0 Å². The van der Waals surface area contributed by atoms with E-state index in [4.69, 9.17) is 0 Å². The Labute approximate surface area is 119 Å². The van der Waals surface area contributed by atoms with Crippen LogP contribution >= 0.6 is 0 Å². The second kappa shape index (κ2) is 6.93. The van der Waals surface area contributed by atoms with E-state index in [0.29, 0.717) is 0 Å². The zero-order chi connectivity index (χ0) is 13.7. The fourth-order valence-corrected chi connectivity index (χ4v) is 3.22. The van der Waals surface area contributed by atoms with Crippen LogP contribution in [0.25, 0.3) is 0 Å². The highest BCUT2D eigenvalue weighted by Gasteiger charge is 2.16. The standard InChI is InChI=1S/C19H28/c1-4-16-9-11-17(12-10-16)13-18-7-5-6-8-19(14-18)15(2)3/h8-9,14,17H,2,4-7,10-13H2,1,3H3. The molecule has 2 aliphatic rings. The molecule has 0 saturated carbocycles. The highest BCUT2D eigenvalue weighted by atomic mass is 14.2. The van der Waals surface area contributed by atoms with Crippen molar-refractivity contribution in [2.45, 2.75) is 65.2 Å². The van der Waals surface area contributed by atoms with Crippen LogP contribution in [0.1, 0.15) is 65.2 Å². The molecule has 1 atom stereocenters. The largest absolute Gasteiger partial charge is 0.0955 e. The summed E-state index contributed by atoms with van der Waals surface area (Å²) in [6.45, 7) is 8.51. The molecule has 0 fully saturated rings. The monoisotopic (exact) mass is 256 g/mol. The van der Waals surface area contributed by atoms with Gasteiger partial charge in [-0.25, -0.2) is 0 Å². The van der Waals surface area contributed by atoms with E-state index in [-0.39, 0.29) is 0 Å². The smallest absolute Gasteiger partial charge is 0.0274 e. The summed E-state index contributed by atoms with van der Waals surface area (Å²) >= 11 is 0. The van der Waals surface area contributed by atoms with E-state index in [1.807, 2.05) is 0 Å². The molecule has 0 amide bonds. The molecule has 1 unspecified atom stereocenters. The molecule has 104 valence electrons. The van der Waals surface area contributed by atoms with Crippen molar-refractivity contribution in [3.05, 3.63) is 47.1 Å². The predicted molar refractivity (Wildman–Crippen MR) is 85.2 cm³/mol. The van der Waals surface area contributed by atoms with E-state index in [0.717, 1.165) is 5.92 Å². The molecule has 0 radical (unpaired) electrons. The van der Waals surface area contributed by atoms with Crippen molar-refractivity contribution in [1.29, 1.82) is 0 Å². The first-order chi connectivity index (χ1) is 9.19. The Hall–Kier alpha value is -1.04. The minimum absolute atomic E-state index is 0.881. The molecule has 0 nitrogen and oxygen atoms in total. The fraction of sp³-hybridized carbons (Fsp3) is 0.579. The van der Waals surface area contributed by atoms with Gasteiger partial charge in [0.05, 0.1) is 0 Å². The average Bonchev–Trinajstić information content (AvgIpc) is 2.65. The molecule has 2 aliphatic carbocycles. The predicted octanol–water partition coefficient (Wildman–Crippen LogP) is 6.13. The van der Waals surface area contributed by atoms with Crippen LogP contribution in [0.3, 0.4) is 0 Å². The number of allylic oxidation sites excluding steroid dienone is 7. The maximum Gasteiger partial charge on any atom is -0.0274 e. The maximum atomic E-state index is 4.10. The third kappa shape index (κ3) is 4.23. The van der Waals surface area contributed by atoms with Gasteiger partial charge in [0, 0.05) is 0 Å². The van der Waals surface area contributed by atoms with E-state index < -0.39 is 0 Å². The van der Waals surface area contributed by atoms with Crippen LogP contribution in [0.15, 0.2) is 47.1 Å². The van der Waals surface area contributed by atoms with Gasteiger partial charge in [0.15, 0.2) is 0 Å². The number of rotatable bonds is 4. The van der Waals surface area contributed by atoms with Crippen LogP contribution in [0, 0.1) is 5.92 Å². The Kier molecular flexibility index (Phi) is 5.24. The summed E-state index contributed by atoms with van der Waals surface area (Å²) in [4.78, 5) is 0. The summed E-state index contributed by atoms with van der Waals surface area (Å²) < 4.78 is 0. The van der Waals surface area contributed by atoms with E-state index in [1.165, 1.54) is 62.5 Å². The molecule has 0 heterocycles. The molecular formula is C19H28. The van der Waals surface area contributed by atoms with Gasteiger partial charge in [-0.1, -0.05) is 48.5 Å². The molecule has 0 bridgehead atoms. The average molecular weight is 256 g/mol. The molecule has 0 aromatic heterocycles. The minimum Gasteiger partial charge on any atom is -0.0955 e. The van der Waals surface area contributed by atoms with Gasteiger partial charge in [-0.15, -0.1) is 0 Å². The van der Waals surface area contributed by atoms with E-state index in [9.17, 15) is 0 Å². The summed E-state index contributed by atoms with van der Waals surface area (Å²) in [5.74, 6) is 0.881. The van der Waals surface area contributed by atoms with Crippen molar-refractivity contribution < 1.29 is 0 Å². The normalized spacial score (nSPS) is 24.1. The van der Waals surface area contributed by atoms with Gasteiger partial charge in [-0.05, 0) is 69.8 Å². The molecule has 19 heavy (non-hydrogen) atoms. The first-order valence-electron chi connectivity index (χ1n) is 7.92. The van der Waals surface area contributed by atoms with Crippen molar-refractivity contribution in [3.63, 3.8) is 0 Å². The molecule has 0 N–H and O–H groups in total. The van der Waals surface area contributed by atoms with E-state index in [2.05, 4.69) is 38.7 Å². The Bertz CT molecular complexity index is 417. The van der Waals surface area contributed by atoms with Crippen molar-refractivity contribution in [2.75, 3.05) is 0 Å². The number of hydrogen-bond donors (Lipinski definition) is 0. The first kappa shape index (κ1) is 14.4. The van der Waals surface area contributed by atoms with Gasteiger partial charge in [0.25, 0.3) is 0 Å². The Morgan fingerprint density at radius 1 is 1.26 bits per heavy atom. The lowest BCUT2D eigenvalue weighted by atomic mass is 9.83. The Balaban J connectivity index is 1.97. The molecule has 2 rings (SSSR count). The lowest BCUT2D eigenvalue weighted by Crippen LogP contribution is -2.07. The van der Waals surface area contributed by atoms with Crippen molar-refractivity contribution in [2.24, 2.45) is 5.92 Å². The molecule has 0 spiro atoms. The van der Waals surface area contributed by atoms with Crippen LogP contribution in [0.5, 0.6) is 0 Å². The van der Waals surface area contributed by atoms with E-state index >= 15 is 0 Å². The Morgan fingerprint density at radius 3 is 2.74 bits per heavy atom. The quantitative estimate of drug-likeness (QED) is 0.531. The molecule has 0 aromatic rings. The van der Waals surface area contributed by atoms with Gasteiger partial charge in [0.1, 0.15) is 0 Å². The second-order valence-corrected chi connectivity index (χ2v) is 6.20. The summed E-state index contributed by atoms with van der Waals surface area (Å²) in [7, 11) is 0. The van der Waals surface area contributed by atoms with Crippen LogP contribution in [-0.2, 0) is 0 Å². The van der Waals surface area contributed by atoms with Gasteiger partial charge in [-0.3, -0.25) is 0 Å². The third-order valence-corrected chi connectivity index (χ3v) is 4.54. The topological polar surface area (TPSA) is 0 Å². The lowest BCUT2D eigenvalue weighted by molar-refractivity contribution is 0.455. The second-order valence-electron chi connectivity index (χ2n) is 6.20. The highest BCUT2D eigenvalue weighted by molar-refractivity contribution is 5.39. The summed E-state index contributed by atoms with van der Waals surface area (Å²) in [5, 5.41) is 0. The molecule has 0 heteroatoms.